The lowest BCUT2D eigenvalue weighted by Crippen LogP contribution is -2.06. The van der Waals surface area contributed by atoms with Gasteiger partial charge in [0.1, 0.15) is 6.61 Å². The summed E-state index contributed by atoms with van der Waals surface area (Å²) in [5, 5.41) is 8.67. The fourth-order valence-electron chi connectivity index (χ4n) is 0.851. The summed E-state index contributed by atoms with van der Waals surface area (Å²) in [6.07, 6.45) is 1.39. The van der Waals surface area contributed by atoms with Crippen molar-refractivity contribution in [3.63, 3.8) is 0 Å². The monoisotopic (exact) mass is 197 g/mol. The third kappa shape index (κ3) is 3.02. The van der Waals surface area contributed by atoms with Gasteiger partial charge in [-0.05, 0) is 6.07 Å². The zero-order chi connectivity index (χ0) is 10.4. The number of carboxylic acids is 1. The molecule has 0 saturated heterocycles. The Morgan fingerprint density at radius 2 is 2.36 bits per heavy atom. The van der Waals surface area contributed by atoms with Crippen molar-refractivity contribution in [2.45, 2.75) is 0 Å². The minimum atomic E-state index is -0.996. The average molecular weight is 197 g/mol. The molecular formula is C9H11NO4. The number of aromatic carboxylic acids is 1. The van der Waals surface area contributed by atoms with Gasteiger partial charge in [0, 0.05) is 19.4 Å². The van der Waals surface area contributed by atoms with Crippen molar-refractivity contribution in [1.82, 2.24) is 4.98 Å². The first-order valence-electron chi connectivity index (χ1n) is 4.05. The molecule has 76 valence electrons. The van der Waals surface area contributed by atoms with Crippen LogP contribution in [0.2, 0.25) is 0 Å². The SMILES string of the molecule is COCCOc1cc(C(=O)O)ccn1. The maximum atomic E-state index is 10.6. The topological polar surface area (TPSA) is 68.7 Å². The van der Waals surface area contributed by atoms with Crippen LogP contribution in [0.1, 0.15) is 10.4 Å². The first-order chi connectivity index (χ1) is 6.74. The van der Waals surface area contributed by atoms with Gasteiger partial charge >= 0.3 is 5.97 Å². The lowest BCUT2D eigenvalue weighted by Gasteiger charge is -2.04. The molecule has 1 aromatic rings. The highest BCUT2D eigenvalue weighted by molar-refractivity contribution is 5.87. The van der Waals surface area contributed by atoms with Crippen LogP contribution >= 0.6 is 0 Å². The molecule has 1 aromatic heterocycles. The predicted octanol–water partition coefficient (Wildman–Crippen LogP) is 0.805. The molecule has 5 heteroatoms. The van der Waals surface area contributed by atoms with Crippen LogP contribution in [-0.2, 0) is 4.74 Å². The predicted molar refractivity (Wildman–Crippen MR) is 48.6 cm³/mol. The highest BCUT2D eigenvalue weighted by atomic mass is 16.5. The van der Waals surface area contributed by atoms with Gasteiger partial charge in [-0.15, -0.1) is 0 Å². The van der Waals surface area contributed by atoms with Crippen LogP contribution in [0.5, 0.6) is 5.88 Å². The Hall–Kier alpha value is -1.62. The molecule has 14 heavy (non-hydrogen) atoms. The molecule has 0 aliphatic heterocycles. The zero-order valence-corrected chi connectivity index (χ0v) is 7.77. The Morgan fingerprint density at radius 1 is 1.57 bits per heavy atom. The Kier molecular flexibility index (Phi) is 3.87. The zero-order valence-electron chi connectivity index (χ0n) is 7.77. The van der Waals surface area contributed by atoms with Crippen LogP contribution in [0.25, 0.3) is 0 Å². The Bertz CT molecular complexity index is 313. The molecule has 0 amide bonds. The van der Waals surface area contributed by atoms with Gasteiger partial charge in [0.15, 0.2) is 0 Å². The number of carbonyl (C=O) groups is 1. The van der Waals surface area contributed by atoms with Crippen molar-refractivity contribution < 1.29 is 19.4 Å². The van der Waals surface area contributed by atoms with Gasteiger partial charge in [0.25, 0.3) is 0 Å². The van der Waals surface area contributed by atoms with E-state index in [-0.39, 0.29) is 5.56 Å². The van der Waals surface area contributed by atoms with E-state index in [9.17, 15) is 4.79 Å². The first-order valence-corrected chi connectivity index (χ1v) is 4.05. The molecule has 1 rings (SSSR count). The summed E-state index contributed by atoms with van der Waals surface area (Å²) in [5.74, 6) is -0.703. The molecule has 0 radical (unpaired) electrons. The lowest BCUT2D eigenvalue weighted by atomic mass is 10.3. The van der Waals surface area contributed by atoms with Crippen molar-refractivity contribution in [1.29, 1.82) is 0 Å². The Labute approximate surface area is 81.3 Å². The molecule has 0 aliphatic rings. The summed E-state index contributed by atoms with van der Waals surface area (Å²) in [7, 11) is 1.56. The fraction of sp³-hybridized carbons (Fsp3) is 0.333. The van der Waals surface area contributed by atoms with Crippen molar-refractivity contribution in [2.75, 3.05) is 20.3 Å². The molecule has 1 heterocycles. The van der Waals surface area contributed by atoms with Gasteiger partial charge in [0.2, 0.25) is 5.88 Å². The van der Waals surface area contributed by atoms with Crippen LogP contribution in [0.15, 0.2) is 18.3 Å². The molecule has 0 saturated carbocycles. The van der Waals surface area contributed by atoms with Crippen LogP contribution in [0.3, 0.4) is 0 Å². The van der Waals surface area contributed by atoms with Crippen LogP contribution in [-0.4, -0.2) is 36.4 Å². The standard InChI is InChI=1S/C9H11NO4/c1-13-4-5-14-8-6-7(9(11)12)2-3-10-8/h2-3,6H,4-5H2,1H3,(H,11,12). The first kappa shape index (κ1) is 10.5. The minimum Gasteiger partial charge on any atom is -0.478 e. The van der Waals surface area contributed by atoms with E-state index in [4.69, 9.17) is 14.6 Å². The third-order valence-corrected chi connectivity index (χ3v) is 1.52. The third-order valence-electron chi connectivity index (χ3n) is 1.52. The molecular weight excluding hydrogens is 186 g/mol. The van der Waals surface area contributed by atoms with Gasteiger partial charge in [-0.1, -0.05) is 0 Å². The van der Waals surface area contributed by atoms with Gasteiger partial charge in [-0.3, -0.25) is 0 Å². The second-order valence-electron chi connectivity index (χ2n) is 2.53. The van der Waals surface area contributed by atoms with Crippen LogP contribution < -0.4 is 4.74 Å². The number of hydrogen-bond acceptors (Lipinski definition) is 4. The van der Waals surface area contributed by atoms with Gasteiger partial charge < -0.3 is 14.6 Å². The number of rotatable bonds is 5. The number of ether oxygens (including phenoxy) is 2. The molecule has 1 N–H and O–H groups in total. The summed E-state index contributed by atoms with van der Waals surface area (Å²) < 4.78 is 9.91. The van der Waals surface area contributed by atoms with E-state index >= 15 is 0 Å². The van der Waals surface area contributed by atoms with Crippen molar-refractivity contribution in [3.05, 3.63) is 23.9 Å². The van der Waals surface area contributed by atoms with Gasteiger partial charge in [0.05, 0.1) is 12.2 Å². The van der Waals surface area contributed by atoms with Crippen molar-refractivity contribution >= 4 is 5.97 Å². The smallest absolute Gasteiger partial charge is 0.335 e. The molecule has 0 atom stereocenters. The summed E-state index contributed by atoms with van der Waals surface area (Å²) in [6, 6.07) is 2.78. The highest BCUT2D eigenvalue weighted by Gasteiger charge is 2.04. The summed E-state index contributed by atoms with van der Waals surface area (Å²) in [5.41, 5.74) is 0.160. The molecule has 0 bridgehead atoms. The number of methoxy groups -OCH3 is 1. The normalized spacial score (nSPS) is 9.79. The van der Waals surface area contributed by atoms with Crippen LogP contribution in [0, 0.1) is 0 Å². The number of aromatic nitrogens is 1. The van der Waals surface area contributed by atoms with Crippen molar-refractivity contribution in [3.8, 4) is 5.88 Å². The average Bonchev–Trinajstić information content (AvgIpc) is 2.19. The van der Waals surface area contributed by atoms with E-state index in [1.165, 1.54) is 18.3 Å². The molecule has 0 fully saturated rings. The number of nitrogens with zero attached hydrogens (tertiary/aromatic N) is 1. The van der Waals surface area contributed by atoms with E-state index in [1.54, 1.807) is 7.11 Å². The number of pyridine rings is 1. The second kappa shape index (κ2) is 5.18. The highest BCUT2D eigenvalue weighted by Crippen LogP contribution is 2.08. The van der Waals surface area contributed by atoms with Crippen molar-refractivity contribution in [2.24, 2.45) is 0 Å². The Morgan fingerprint density at radius 3 is 3.00 bits per heavy atom. The second-order valence-corrected chi connectivity index (χ2v) is 2.53. The summed E-state index contributed by atoms with van der Waals surface area (Å²) in [6.45, 7) is 0.797. The summed E-state index contributed by atoms with van der Waals surface area (Å²) in [4.78, 5) is 14.4. The molecule has 0 aliphatic carbocycles. The number of hydrogen-bond donors (Lipinski definition) is 1. The Balaban J connectivity index is 2.59. The maximum Gasteiger partial charge on any atom is 0.335 e. The van der Waals surface area contributed by atoms with E-state index in [0.29, 0.717) is 19.1 Å². The van der Waals surface area contributed by atoms with Crippen LogP contribution in [0.4, 0.5) is 0 Å². The van der Waals surface area contributed by atoms with E-state index in [0.717, 1.165) is 0 Å². The molecule has 0 aromatic carbocycles. The largest absolute Gasteiger partial charge is 0.478 e. The van der Waals surface area contributed by atoms with Gasteiger partial charge in [-0.2, -0.15) is 0 Å². The summed E-state index contributed by atoms with van der Waals surface area (Å²) >= 11 is 0. The molecule has 0 unspecified atom stereocenters. The van der Waals surface area contributed by atoms with E-state index in [2.05, 4.69) is 4.98 Å². The van der Waals surface area contributed by atoms with Gasteiger partial charge in [-0.25, -0.2) is 9.78 Å². The molecule has 5 nitrogen and oxygen atoms in total. The quantitative estimate of drug-likeness (QED) is 0.707. The lowest BCUT2D eigenvalue weighted by molar-refractivity contribution is 0.0696. The minimum absolute atomic E-state index is 0.160. The maximum absolute atomic E-state index is 10.6. The fourth-order valence-corrected chi connectivity index (χ4v) is 0.851. The van der Waals surface area contributed by atoms with E-state index in [1.807, 2.05) is 0 Å². The molecule has 0 spiro atoms. The van der Waals surface area contributed by atoms with E-state index < -0.39 is 5.97 Å². The number of carboxylic acid groups (broad SMARTS) is 1.